The van der Waals surface area contributed by atoms with E-state index < -0.39 is 15.9 Å². The van der Waals surface area contributed by atoms with Gasteiger partial charge in [0.05, 0.1) is 10.6 Å². The molecule has 25 heavy (non-hydrogen) atoms. The number of hydrogen-bond acceptors (Lipinski definition) is 3. The van der Waals surface area contributed by atoms with E-state index in [1.54, 1.807) is 48.5 Å². The van der Waals surface area contributed by atoms with Gasteiger partial charge in [0.2, 0.25) is 0 Å². The molecular formula is C18H21FN2O3S. The van der Waals surface area contributed by atoms with Gasteiger partial charge in [0.15, 0.2) is 9.84 Å². The molecule has 0 fully saturated rings. The van der Waals surface area contributed by atoms with Crippen molar-refractivity contribution in [2.45, 2.75) is 17.7 Å². The average molecular weight is 364 g/mol. The Kier molecular flexibility index (Phi) is 6.94. The lowest BCUT2D eigenvalue weighted by Crippen LogP contribution is -2.37. The van der Waals surface area contributed by atoms with Crippen LogP contribution in [0.25, 0.3) is 0 Å². The van der Waals surface area contributed by atoms with E-state index in [0.717, 1.165) is 0 Å². The lowest BCUT2D eigenvalue weighted by atomic mass is 10.1. The molecule has 0 atom stereocenters. The number of urea groups is 1. The number of halogens is 1. The summed E-state index contributed by atoms with van der Waals surface area (Å²) in [4.78, 5) is 11.9. The highest BCUT2D eigenvalue weighted by Gasteiger charge is 2.13. The third kappa shape index (κ3) is 6.19. The second-order valence-corrected chi connectivity index (χ2v) is 7.62. The van der Waals surface area contributed by atoms with Crippen LogP contribution in [-0.4, -0.2) is 33.3 Å². The van der Waals surface area contributed by atoms with Crippen LogP contribution < -0.4 is 10.6 Å². The smallest absolute Gasteiger partial charge is 0.314 e. The summed E-state index contributed by atoms with van der Waals surface area (Å²) >= 11 is 0. The monoisotopic (exact) mass is 364 g/mol. The van der Waals surface area contributed by atoms with E-state index in [4.69, 9.17) is 0 Å². The molecule has 0 saturated carbocycles. The molecule has 0 aromatic heterocycles. The van der Waals surface area contributed by atoms with Gasteiger partial charge in [0.25, 0.3) is 0 Å². The van der Waals surface area contributed by atoms with Crippen LogP contribution in [0, 0.1) is 5.82 Å². The van der Waals surface area contributed by atoms with Gasteiger partial charge in [0, 0.05) is 13.1 Å². The highest BCUT2D eigenvalue weighted by atomic mass is 32.2. The van der Waals surface area contributed by atoms with Gasteiger partial charge in [-0.3, -0.25) is 0 Å². The molecular weight excluding hydrogens is 343 g/mol. The van der Waals surface area contributed by atoms with Gasteiger partial charge in [-0.2, -0.15) is 0 Å². The van der Waals surface area contributed by atoms with Crippen molar-refractivity contribution in [2.24, 2.45) is 0 Å². The number of benzene rings is 2. The lowest BCUT2D eigenvalue weighted by Gasteiger charge is -2.08. The van der Waals surface area contributed by atoms with Gasteiger partial charge in [0.1, 0.15) is 5.82 Å². The minimum Gasteiger partial charge on any atom is -0.338 e. The maximum Gasteiger partial charge on any atom is 0.314 e. The molecule has 0 aliphatic heterocycles. The highest BCUT2D eigenvalue weighted by Crippen LogP contribution is 2.10. The number of hydrogen-bond donors (Lipinski definition) is 2. The van der Waals surface area contributed by atoms with E-state index in [0.29, 0.717) is 24.9 Å². The zero-order valence-corrected chi connectivity index (χ0v) is 14.6. The summed E-state index contributed by atoms with van der Waals surface area (Å²) in [5, 5.41) is 5.22. The quantitative estimate of drug-likeness (QED) is 0.707. The van der Waals surface area contributed by atoms with Crippen molar-refractivity contribution in [1.29, 1.82) is 0 Å². The van der Waals surface area contributed by atoms with Crippen LogP contribution in [0.4, 0.5) is 9.18 Å². The molecule has 134 valence electrons. The first-order chi connectivity index (χ1) is 12.0. The Hall–Kier alpha value is -2.41. The van der Waals surface area contributed by atoms with Crippen LogP contribution in [0.3, 0.4) is 0 Å². The van der Waals surface area contributed by atoms with E-state index in [-0.39, 0.29) is 23.0 Å². The van der Waals surface area contributed by atoms with Crippen molar-refractivity contribution >= 4 is 15.9 Å². The second-order valence-electron chi connectivity index (χ2n) is 5.51. The van der Waals surface area contributed by atoms with Crippen molar-refractivity contribution in [1.82, 2.24) is 10.6 Å². The summed E-state index contributed by atoms with van der Waals surface area (Å²) < 4.78 is 37.6. The lowest BCUT2D eigenvalue weighted by molar-refractivity contribution is 0.241. The van der Waals surface area contributed by atoms with Crippen LogP contribution in [0.1, 0.15) is 12.0 Å². The maximum absolute atomic E-state index is 13.4. The van der Waals surface area contributed by atoms with Crippen LogP contribution >= 0.6 is 0 Å². The van der Waals surface area contributed by atoms with E-state index in [2.05, 4.69) is 10.6 Å². The number of carbonyl (C=O) groups is 1. The minimum absolute atomic E-state index is 0.0352. The van der Waals surface area contributed by atoms with Crippen molar-refractivity contribution in [3.05, 3.63) is 66.0 Å². The molecule has 0 spiro atoms. The highest BCUT2D eigenvalue weighted by molar-refractivity contribution is 7.91. The summed E-state index contributed by atoms with van der Waals surface area (Å²) in [7, 11) is -3.33. The fourth-order valence-electron chi connectivity index (χ4n) is 2.28. The third-order valence-corrected chi connectivity index (χ3v) is 5.43. The van der Waals surface area contributed by atoms with E-state index >= 15 is 0 Å². The minimum atomic E-state index is -3.33. The molecule has 5 nitrogen and oxygen atoms in total. The summed E-state index contributed by atoms with van der Waals surface area (Å²) in [5.74, 6) is -0.331. The van der Waals surface area contributed by atoms with E-state index in [1.807, 2.05) is 0 Å². The Labute approximate surface area is 147 Å². The first-order valence-corrected chi connectivity index (χ1v) is 9.67. The Bertz CT molecular complexity index is 795. The van der Waals surface area contributed by atoms with Crippen LogP contribution in [0.15, 0.2) is 59.5 Å². The second kappa shape index (κ2) is 9.17. The van der Waals surface area contributed by atoms with Crippen LogP contribution in [0.5, 0.6) is 0 Å². The first kappa shape index (κ1) is 18.9. The van der Waals surface area contributed by atoms with Crippen molar-refractivity contribution in [3.8, 4) is 0 Å². The zero-order valence-electron chi connectivity index (χ0n) is 13.7. The molecule has 0 heterocycles. The fraction of sp³-hybridized carbons (Fsp3) is 0.278. The molecule has 2 rings (SSSR count). The SMILES string of the molecule is O=C(NCCCS(=O)(=O)c1ccccc1)NCCc1ccccc1F. The van der Waals surface area contributed by atoms with Gasteiger partial charge >= 0.3 is 6.03 Å². The molecule has 2 aromatic rings. The van der Waals surface area contributed by atoms with Crippen molar-refractivity contribution < 1.29 is 17.6 Å². The molecule has 0 aliphatic carbocycles. The largest absolute Gasteiger partial charge is 0.338 e. The Morgan fingerprint density at radius 3 is 2.28 bits per heavy atom. The number of carbonyl (C=O) groups excluding carboxylic acids is 1. The van der Waals surface area contributed by atoms with Gasteiger partial charge in [-0.1, -0.05) is 36.4 Å². The van der Waals surface area contributed by atoms with E-state index in [9.17, 15) is 17.6 Å². The van der Waals surface area contributed by atoms with Crippen LogP contribution in [-0.2, 0) is 16.3 Å². The molecule has 0 radical (unpaired) electrons. The van der Waals surface area contributed by atoms with Gasteiger partial charge in [-0.15, -0.1) is 0 Å². The van der Waals surface area contributed by atoms with Crippen LogP contribution in [0.2, 0.25) is 0 Å². The molecule has 0 unspecified atom stereocenters. The van der Waals surface area contributed by atoms with Gasteiger partial charge in [-0.25, -0.2) is 17.6 Å². The predicted octanol–water partition coefficient (Wildman–Crippen LogP) is 2.53. The number of nitrogens with one attached hydrogen (secondary N) is 2. The maximum atomic E-state index is 13.4. The number of rotatable bonds is 8. The van der Waals surface area contributed by atoms with E-state index in [1.165, 1.54) is 6.07 Å². The molecule has 2 aromatic carbocycles. The zero-order chi connectivity index (χ0) is 18.1. The normalized spacial score (nSPS) is 11.1. The Morgan fingerprint density at radius 1 is 0.920 bits per heavy atom. The molecule has 2 amide bonds. The average Bonchev–Trinajstić information content (AvgIpc) is 2.61. The molecule has 0 saturated heterocycles. The van der Waals surface area contributed by atoms with Gasteiger partial charge in [-0.05, 0) is 36.6 Å². The topological polar surface area (TPSA) is 75.3 Å². The molecule has 7 heteroatoms. The standard InChI is InChI=1S/C18H21FN2O3S/c19-17-10-5-4-7-15(17)11-13-21-18(22)20-12-6-14-25(23,24)16-8-2-1-3-9-16/h1-5,7-10H,6,11-14H2,(H2,20,21,22). The Morgan fingerprint density at radius 2 is 1.56 bits per heavy atom. The molecule has 0 aliphatic rings. The van der Waals surface area contributed by atoms with Crippen molar-refractivity contribution in [2.75, 3.05) is 18.8 Å². The van der Waals surface area contributed by atoms with Gasteiger partial charge < -0.3 is 10.6 Å². The third-order valence-electron chi connectivity index (χ3n) is 3.62. The summed E-state index contributed by atoms with van der Waals surface area (Å²) in [6.45, 7) is 0.548. The number of sulfone groups is 1. The molecule has 2 N–H and O–H groups in total. The fourth-order valence-corrected chi connectivity index (χ4v) is 3.62. The summed E-state index contributed by atoms with van der Waals surface area (Å²) in [6.07, 6.45) is 0.709. The summed E-state index contributed by atoms with van der Waals surface area (Å²) in [6, 6.07) is 14.2. The number of amides is 2. The predicted molar refractivity (Wildman–Crippen MR) is 94.6 cm³/mol. The Balaban J connectivity index is 1.65. The summed E-state index contributed by atoms with van der Waals surface area (Å²) in [5.41, 5.74) is 0.539. The molecule has 0 bridgehead atoms. The first-order valence-electron chi connectivity index (χ1n) is 8.02. The van der Waals surface area contributed by atoms with Crippen molar-refractivity contribution in [3.63, 3.8) is 0 Å².